The smallest absolute Gasteiger partial charge is 0.318 e. The van der Waals surface area contributed by atoms with E-state index in [-0.39, 0.29) is 17.7 Å². The third kappa shape index (κ3) is 3.10. The number of nitrogens with zero attached hydrogens (tertiary/aromatic N) is 2. The first-order chi connectivity index (χ1) is 12.9. The maximum atomic E-state index is 12.9. The van der Waals surface area contributed by atoms with E-state index in [1.165, 1.54) is 18.2 Å². The Bertz CT molecular complexity index is 930. The Hall–Kier alpha value is -3.75. The van der Waals surface area contributed by atoms with Crippen LogP contribution in [-0.2, 0) is 10.3 Å². The van der Waals surface area contributed by atoms with Gasteiger partial charge in [-0.05, 0) is 18.1 Å². The van der Waals surface area contributed by atoms with Gasteiger partial charge in [-0.25, -0.2) is 4.79 Å². The molecule has 0 spiro atoms. The van der Waals surface area contributed by atoms with Crippen LogP contribution >= 0.6 is 0 Å². The Morgan fingerprint density at radius 3 is 2.52 bits per heavy atom. The summed E-state index contributed by atoms with van der Waals surface area (Å²) in [4.78, 5) is 47.9. The topological polar surface area (TPSA) is 122 Å². The lowest BCUT2D eigenvalue weighted by Gasteiger charge is -2.25. The van der Waals surface area contributed by atoms with Gasteiger partial charge in [0.25, 0.3) is 17.5 Å². The highest BCUT2D eigenvalue weighted by molar-refractivity contribution is 6.09. The van der Waals surface area contributed by atoms with Gasteiger partial charge in [-0.15, -0.1) is 0 Å². The molecule has 138 valence electrons. The van der Waals surface area contributed by atoms with Crippen LogP contribution in [0.3, 0.4) is 0 Å². The molecule has 9 heteroatoms. The first kappa shape index (κ1) is 18.1. The normalized spacial score (nSPS) is 18.9. The van der Waals surface area contributed by atoms with Crippen LogP contribution in [0.4, 0.5) is 10.5 Å². The molecule has 2 N–H and O–H groups in total. The van der Waals surface area contributed by atoms with Crippen LogP contribution in [0.15, 0.2) is 54.6 Å². The van der Waals surface area contributed by atoms with Crippen molar-refractivity contribution in [3.05, 3.63) is 75.8 Å². The number of hydrogen-bond donors (Lipinski definition) is 2. The number of hydrogen-bond acceptors (Lipinski definition) is 5. The van der Waals surface area contributed by atoms with Crippen molar-refractivity contribution in [1.29, 1.82) is 0 Å². The van der Waals surface area contributed by atoms with Crippen molar-refractivity contribution < 1.29 is 19.3 Å². The average molecular weight is 368 g/mol. The summed E-state index contributed by atoms with van der Waals surface area (Å²) in [5.41, 5.74) is 1.23. The quantitative estimate of drug-likeness (QED) is 0.475. The van der Waals surface area contributed by atoms with Crippen molar-refractivity contribution in [1.82, 2.24) is 15.8 Å². The second-order valence-electron chi connectivity index (χ2n) is 5.94. The van der Waals surface area contributed by atoms with E-state index in [4.69, 9.17) is 0 Å². The van der Waals surface area contributed by atoms with E-state index in [9.17, 15) is 24.5 Å². The van der Waals surface area contributed by atoms with E-state index in [1.54, 1.807) is 37.3 Å². The molecule has 0 unspecified atom stereocenters. The van der Waals surface area contributed by atoms with Crippen molar-refractivity contribution in [3.63, 3.8) is 0 Å². The largest absolute Gasteiger partial charge is 0.344 e. The minimum Gasteiger partial charge on any atom is -0.318 e. The SMILES string of the molecule is CC[C@@]1(c2ccccc2)NC(=O)N(NC(=O)c2cccc([N+](=O)[O-])c2)C1=O. The highest BCUT2D eigenvalue weighted by Crippen LogP contribution is 2.31. The Labute approximate surface area is 154 Å². The monoisotopic (exact) mass is 368 g/mol. The fourth-order valence-corrected chi connectivity index (χ4v) is 2.97. The number of rotatable bonds is 5. The second-order valence-corrected chi connectivity index (χ2v) is 5.94. The number of urea groups is 1. The van der Waals surface area contributed by atoms with Gasteiger partial charge in [-0.1, -0.05) is 43.3 Å². The second kappa shape index (κ2) is 6.87. The van der Waals surface area contributed by atoms with Gasteiger partial charge in [0.05, 0.1) is 4.92 Å². The first-order valence-electron chi connectivity index (χ1n) is 8.16. The molecule has 4 amide bonds. The fraction of sp³-hybridized carbons (Fsp3) is 0.167. The molecule has 9 nitrogen and oxygen atoms in total. The van der Waals surface area contributed by atoms with Gasteiger partial charge in [-0.3, -0.25) is 25.1 Å². The third-order valence-electron chi connectivity index (χ3n) is 4.42. The number of carbonyl (C=O) groups excluding carboxylic acids is 3. The summed E-state index contributed by atoms with van der Waals surface area (Å²) in [6.45, 7) is 1.75. The molecule has 0 aliphatic carbocycles. The number of amides is 4. The van der Waals surface area contributed by atoms with Crippen LogP contribution in [0.25, 0.3) is 0 Å². The summed E-state index contributed by atoms with van der Waals surface area (Å²) >= 11 is 0. The molecule has 0 bridgehead atoms. The molecule has 1 fully saturated rings. The van der Waals surface area contributed by atoms with Gasteiger partial charge < -0.3 is 5.32 Å². The Morgan fingerprint density at radius 1 is 1.19 bits per heavy atom. The Kier molecular flexibility index (Phi) is 4.59. The zero-order valence-corrected chi connectivity index (χ0v) is 14.3. The lowest BCUT2D eigenvalue weighted by atomic mass is 9.87. The zero-order chi connectivity index (χ0) is 19.6. The molecular weight excluding hydrogens is 352 g/mol. The van der Waals surface area contributed by atoms with E-state index in [2.05, 4.69) is 10.7 Å². The molecule has 1 saturated heterocycles. The molecule has 27 heavy (non-hydrogen) atoms. The average Bonchev–Trinajstić information content (AvgIpc) is 2.93. The lowest BCUT2D eigenvalue weighted by molar-refractivity contribution is -0.384. The van der Waals surface area contributed by atoms with Crippen LogP contribution in [0.5, 0.6) is 0 Å². The van der Waals surface area contributed by atoms with E-state index < -0.39 is 28.3 Å². The van der Waals surface area contributed by atoms with E-state index in [1.807, 2.05) is 0 Å². The molecule has 1 heterocycles. The number of non-ortho nitro benzene ring substituents is 1. The molecular formula is C18H16N4O5. The van der Waals surface area contributed by atoms with Crippen molar-refractivity contribution in [2.45, 2.75) is 18.9 Å². The number of nitrogens with one attached hydrogen (secondary N) is 2. The molecule has 3 rings (SSSR count). The third-order valence-corrected chi connectivity index (χ3v) is 4.42. The molecule has 1 atom stereocenters. The lowest BCUT2D eigenvalue weighted by Crippen LogP contribution is -2.48. The van der Waals surface area contributed by atoms with Crippen molar-refractivity contribution in [2.75, 3.05) is 0 Å². The molecule has 1 aliphatic rings. The number of imide groups is 1. The number of carbonyl (C=O) groups is 3. The highest BCUT2D eigenvalue weighted by Gasteiger charge is 2.52. The first-order valence-corrected chi connectivity index (χ1v) is 8.16. The predicted molar refractivity (Wildman–Crippen MR) is 94.4 cm³/mol. The number of hydrazine groups is 1. The van der Waals surface area contributed by atoms with Gasteiger partial charge in [0.1, 0.15) is 5.54 Å². The minimum absolute atomic E-state index is 0.0430. The van der Waals surface area contributed by atoms with E-state index in [0.717, 1.165) is 6.07 Å². The standard InChI is InChI=1S/C18H16N4O5/c1-2-18(13-8-4-3-5-9-13)16(24)21(17(25)19-18)20-15(23)12-7-6-10-14(11-12)22(26)27/h3-11H,2H2,1H3,(H,19,25)(H,20,23)/t18-/m0/s1. The Balaban J connectivity index is 1.87. The summed E-state index contributed by atoms with van der Waals surface area (Å²) in [7, 11) is 0. The minimum atomic E-state index is -1.28. The summed E-state index contributed by atoms with van der Waals surface area (Å²) in [6, 6.07) is 12.9. The molecule has 2 aromatic rings. The van der Waals surface area contributed by atoms with Gasteiger partial charge in [-0.2, -0.15) is 5.01 Å². The Morgan fingerprint density at radius 2 is 1.89 bits per heavy atom. The summed E-state index contributed by atoms with van der Waals surface area (Å²) in [5.74, 6) is -1.43. The molecule has 0 radical (unpaired) electrons. The summed E-state index contributed by atoms with van der Waals surface area (Å²) in [6.07, 6.45) is 0.283. The maximum absolute atomic E-state index is 12.9. The zero-order valence-electron chi connectivity index (χ0n) is 14.3. The van der Waals surface area contributed by atoms with E-state index in [0.29, 0.717) is 10.6 Å². The van der Waals surface area contributed by atoms with Gasteiger partial charge in [0.15, 0.2) is 0 Å². The van der Waals surface area contributed by atoms with Crippen LogP contribution in [-0.4, -0.2) is 27.8 Å². The van der Waals surface area contributed by atoms with Crippen LogP contribution < -0.4 is 10.7 Å². The maximum Gasteiger partial charge on any atom is 0.344 e. The number of benzene rings is 2. The van der Waals surface area contributed by atoms with Crippen molar-refractivity contribution >= 4 is 23.5 Å². The van der Waals surface area contributed by atoms with Gasteiger partial charge >= 0.3 is 6.03 Å². The van der Waals surface area contributed by atoms with Crippen molar-refractivity contribution in [2.24, 2.45) is 0 Å². The highest BCUT2D eigenvalue weighted by atomic mass is 16.6. The van der Waals surface area contributed by atoms with Crippen LogP contribution in [0.1, 0.15) is 29.3 Å². The number of nitro benzene ring substituents is 1. The van der Waals surface area contributed by atoms with Crippen LogP contribution in [0, 0.1) is 10.1 Å². The van der Waals surface area contributed by atoms with Crippen molar-refractivity contribution in [3.8, 4) is 0 Å². The fourth-order valence-electron chi connectivity index (χ4n) is 2.97. The van der Waals surface area contributed by atoms with Crippen LogP contribution in [0.2, 0.25) is 0 Å². The number of nitro groups is 1. The summed E-state index contributed by atoms with van der Waals surface area (Å²) in [5, 5.41) is 14.1. The predicted octanol–water partition coefficient (Wildman–Crippen LogP) is 2.10. The summed E-state index contributed by atoms with van der Waals surface area (Å²) < 4.78 is 0. The molecule has 0 saturated carbocycles. The van der Waals surface area contributed by atoms with Gasteiger partial charge in [0, 0.05) is 17.7 Å². The van der Waals surface area contributed by atoms with E-state index >= 15 is 0 Å². The molecule has 1 aliphatic heterocycles. The van der Waals surface area contributed by atoms with Gasteiger partial charge in [0.2, 0.25) is 0 Å². The molecule has 2 aromatic carbocycles. The molecule has 0 aromatic heterocycles.